The minimum absolute atomic E-state index is 0.0365. The van der Waals surface area contributed by atoms with E-state index in [0.717, 1.165) is 17.7 Å². The van der Waals surface area contributed by atoms with Gasteiger partial charge in [0.25, 0.3) is 0 Å². The first-order chi connectivity index (χ1) is 9.65. The highest BCUT2D eigenvalue weighted by Gasteiger charge is 2.28. The first-order valence-corrected chi connectivity index (χ1v) is 7.94. The normalized spacial score (nSPS) is 13.8. The molecular formula is C14H17ClN2O2S. The Labute approximate surface area is 127 Å². The van der Waals surface area contributed by atoms with Gasteiger partial charge in [0.2, 0.25) is 11.8 Å². The molecule has 1 saturated carbocycles. The largest absolute Gasteiger partial charge is 0.354 e. The average Bonchev–Trinajstić information content (AvgIpc) is 3.27. The van der Waals surface area contributed by atoms with Crippen LogP contribution in [0.1, 0.15) is 12.8 Å². The van der Waals surface area contributed by atoms with Crippen LogP contribution in [0.25, 0.3) is 0 Å². The molecule has 0 atom stereocenters. The number of carbonyl (C=O) groups excluding carboxylic acids is 2. The maximum absolute atomic E-state index is 11.6. The summed E-state index contributed by atoms with van der Waals surface area (Å²) in [4.78, 5) is 24.0. The zero-order valence-electron chi connectivity index (χ0n) is 11.0. The zero-order chi connectivity index (χ0) is 14.4. The standard InChI is InChI=1S/C14H17ClN2O2S/c15-11-3-5-12(6-4-11)20-9-13(18)16-7-8-17-14(19)10-1-2-10/h3-6,10H,1-2,7-9H2,(H,16,18)(H,17,19). The first-order valence-electron chi connectivity index (χ1n) is 6.58. The highest BCUT2D eigenvalue weighted by Crippen LogP contribution is 2.28. The van der Waals surface area contributed by atoms with Gasteiger partial charge in [0.1, 0.15) is 0 Å². The van der Waals surface area contributed by atoms with E-state index < -0.39 is 0 Å². The summed E-state index contributed by atoms with van der Waals surface area (Å²) in [6, 6.07) is 7.37. The molecular weight excluding hydrogens is 296 g/mol. The topological polar surface area (TPSA) is 58.2 Å². The molecule has 4 nitrogen and oxygen atoms in total. The van der Waals surface area contributed by atoms with Crippen LogP contribution in [0.5, 0.6) is 0 Å². The Morgan fingerprint density at radius 2 is 1.80 bits per heavy atom. The molecule has 1 aliphatic rings. The van der Waals surface area contributed by atoms with Gasteiger partial charge < -0.3 is 10.6 Å². The number of rotatable bonds is 7. The molecule has 2 N–H and O–H groups in total. The molecule has 108 valence electrons. The predicted octanol–water partition coefficient (Wildman–Crippen LogP) is 2.07. The van der Waals surface area contributed by atoms with Crippen molar-refractivity contribution in [2.45, 2.75) is 17.7 Å². The van der Waals surface area contributed by atoms with Crippen LogP contribution in [0.3, 0.4) is 0 Å². The molecule has 0 aromatic heterocycles. The SMILES string of the molecule is O=C(CSc1ccc(Cl)cc1)NCCNC(=O)C1CC1. The molecule has 1 fully saturated rings. The van der Waals surface area contributed by atoms with Crippen LogP contribution in [0.15, 0.2) is 29.2 Å². The molecule has 0 heterocycles. The maximum atomic E-state index is 11.6. The van der Waals surface area contributed by atoms with Crippen LogP contribution >= 0.6 is 23.4 Å². The fourth-order valence-corrected chi connectivity index (χ4v) is 2.46. The molecule has 0 radical (unpaired) electrons. The van der Waals surface area contributed by atoms with Gasteiger partial charge in [0, 0.05) is 28.9 Å². The van der Waals surface area contributed by atoms with Gasteiger partial charge in [-0.3, -0.25) is 9.59 Å². The lowest BCUT2D eigenvalue weighted by atomic mass is 10.4. The number of hydrogen-bond donors (Lipinski definition) is 2. The Bertz CT molecular complexity index is 475. The van der Waals surface area contributed by atoms with E-state index in [1.54, 1.807) is 12.1 Å². The molecule has 1 aromatic rings. The minimum Gasteiger partial charge on any atom is -0.354 e. The summed E-state index contributed by atoms with van der Waals surface area (Å²) in [6.07, 6.45) is 1.99. The summed E-state index contributed by atoms with van der Waals surface area (Å²) >= 11 is 7.25. The molecule has 0 spiro atoms. The summed E-state index contributed by atoms with van der Waals surface area (Å²) < 4.78 is 0. The molecule has 6 heteroatoms. The Kier molecular flexibility index (Phi) is 5.73. The van der Waals surface area contributed by atoms with Gasteiger partial charge >= 0.3 is 0 Å². The molecule has 2 rings (SSSR count). The lowest BCUT2D eigenvalue weighted by Crippen LogP contribution is -2.35. The quantitative estimate of drug-likeness (QED) is 0.598. The maximum Gasteiger partial charge on any atom is 0.230 e. The molecule has 0 unspecified atom stereocenters. The number of benzene rings is 1. The zero-order valence-corrected chi connectivity index (χ0v) is 12.6. The lowest BCUT2D eigenvalue weighted by molar-refractivity contribution is -0.123. The van der Waals surface area contributed by atoms with Gasteiger partial charge in [-0.1, -0.05) is 11.6 Å². The predicted molar refractivity (Wildman–Crippen MR) is 80.9 cm³/mol. The second kappa shape index (κ2) is 7.55. The summed E-state index contributed by atoms with van der Waals surface area (Å²) in [6.45, 7) is 0.963. The van der Waals surface area contributed by atoms with E-state index in [0.29, 0.717) is 23.9 Å². The van der Waals surface area contributed by atoms with E-state index in [1.807, 2.05) is 12.1 Å². The number of amides is 2. The number of nitrogens with one attached hydrogen (secondary N) is 2. The van der Waals surface area contributed by atoms with Crippen LogP contribution < -0.4 is 10.6 Å². The Morgan fingerprint density at radius 3 is 2.45 bits per heavy atom. The van der Waals surface area contributed by atoms with E-state index in [4.69, 9.17) is 11.6 Å². The van der Waals surface area contributed by atoms with E-state index in [1.165, 1.54) is 11.8 Å². The molecule has 1 aromatic carbocycles. The molecule has 0 aliphatic heterocycles. The molecule has 20 heavy (non-hydrogen) atoms. The van der Waals surface area contributed by atoms with Gasteiger partial charge in [0.05, 0.1) is 5.75 Å². The van der Waals surface area contributed by atoms with Crippen molar-refractivity contribution in [1.82, 2.24) is 10.6 Å². The van der Waals surface area contributed by atoms with E-state index in [9.17, 15) is 9.59 Å². The van der Waals surface area contributed by atoms with Crippen LogP contribution in [0.4, 0.5) is 0 Å². The van der Waals surface area contributed by atoms with Crippen LogP contribution in [0, 0.1) is 5.92 Å². The molecule has 1 aliphatic carbocycles. The van der Waals surface area contributed by atoms with Crippen molar-refractivity contribution in [3.05, 3.63) is 29.3 Å². The van der Waals surface area contributed by atoms with Crippen molar-refractivity contribution >= 4 is 35.2 Å². The second-order valence-corrected chi connectivity index (χ2v) is 6.14. The van der Waals surface area contributed by atoms with Crippen LogP contribution in [-0.4, -0.2) is 30.7 Å². The van der Waals surface area contributed by atoms with E-state index in [-0.39, 0.29) is 17.7 Å². The van der Waals surface area contributed by atoms with Gasteiger partial charge in [-0.2, -0.15) is 0 Å². The first kappa shape index (κ1) is 15.2. The summed E-state index contributed by atoms with van der Waals surface area (Å²) in [7, 11) is 0. The summed E-state index contributed by atoms with van der Waals surface area (Å²) in [5, 5.41) is 6.27. The Hall–Kier alpha value is -1.20. The molecule has 2 amide bonds. The van der Waals surface area contributed by atoms with Crippen LogP contribution in [0.2, 0.25) is 5.02 Å². The summed E-state index contributed by atoms with van der Waals surface area (Å²) in [5.41, 5.74) is 0. The highest BCUT2D eigenvalue weighted by atomic mass is 35.5. The number of halogens is 1. The van der Waals surface area contributed by atoms with Crippen molar-refractivity contribution in [3.8, 4) is 0 Å². The lowest BCUT2D eigenvalue weighted by Gasteiger charge is -2.06. The third-order valence-corrected chi connectivity index (χ3v) is 4.14. The second-order valence-electron chi connectivity index (χ2n) is 4.66. The van der Waals surface area contributed by atoms with Crippen molar-refractivity contribution in [2.24, 2.45) is 5.92 Å². The Morgan fingerprint density at radius 1 is 1.15 bits per heavy atom. The minimum atomic E-state index is -0.0365. The average molecular weight is 313 g/mol. The van der Waals surface area contributed by atoms with Crippen molar-refractivity contribution in [3.63, 3.8) is 0 Å². The molecule has 0 bridgehead atoms. The summed E-state index contributed by atoms with van der Waals surface area (Å²) in [5.74, 6) is 0.643. The fourth-order valence-electron chi connectivity index (χ4n) is 1.61. The van der Waals surface area contributed by atoms with Gasteiger partial charge in [-0.15, -0.1) is 11.8 Å². The fraction of sp³-hybridized carbons (Fsp3) is 0.429. The third-order valence-electron chi connectivity index (χ3n) is 2.88. The van der Waals surface area contributed by atoms with E-state index >= 15 is 0 Å². The monoisotopic (exact) mass is 312 g/mol. The number of thioether (sulfide) groups is 1. The van der Waals surface area contributed by atoms with Gasteiger partial charge in [-0.25, -0.2) is 0 Å². The van der Waals surface area contributed by atoms with Crippen molar-refractivity contribution in [1.29, 1.82) is 0 Å². The van der Waals surface area contributed by atoms with Gasteiger partial charge in [0.15, 0.2) is 0 Å². The molecule has 0 saturated heterocycles. The van der Waals surface area contributed by atoms with Crippen molar-refractivity contribution < 1.29 is 9.59 Å². The van der Waals surface area contributed by atoms with Gasteiger partial charge in [-0.05, 0) is 37.1 Å². The smallest absolute Gasteiger partial charge is 0.230 e. The number of hydrogen-bond acceptors (Lipinski definition) is 3. The third kappa shape index (κ3) is 5.43. The van der Waals surface area contributed by atoms with E-state index in [2.05, 4.69) is 10.6 Å². The number of carbonyl (C=O) groups is 2. The van der Waals surface area contributed by atoms with Crippen molar-refractivity contribution in [2.75, 3.05) is 18.8 Å². The highest BCUT2D eigenvalue weighted by molar-refractivity contribution is 8.00. The Balaban J connectivity index is 1.55. The van der Waals surface area contributed by atoms with Crippen LogP contribution in [-0.2, 0) is 9.59 Å².